The molecule has 0 aliphatic carbocycles. The van der Waals surface area contributed by atoms with Gasteiger partial charge in [0.1, 0.15) is 5.75 Å². The van der Waals surface area contributed by atoms with Gasteiger partial charge >= 0.3 is 0 Å². The van der Waals surface area contributed by atoms with Crippen molar-refractivity contribution in [2.24, 2.45) is 0 Å². The number of ketones is 1. The maximum absolute atomic E-state index is 12.3. The zero-order valence-corrected chi connectivity index (χ0v) is 15.7. The lowest BCUT2D eigenvalue weighted by molar-refractivity contribution is 0.106. The molecule has 0 aliphatic rings. The topological polar surface area (TPSA) is 70.2 Å². The third-order valence-corrected chi connectivity index (χ3v) is 5.10. The monoisotopic (exact) mass is 385 g/mol. The second-order valence-corrected chi connectivity index (χ2v) is 7.47. The first-order valence-electron chi connectivity index (χ1n) is 7.86. The molecule has 0 aliphatic heterocycles. The smallest absolute Gasteiger partial charge is 0.266 e. The molecule has 0 radical (unpaired) electrons. The summed E-state index contributed by atoms with van der Waals surface area (Å²) >= 11 is 7.03. The molecular formula is C20H16ClNO3S. The highest BCUT2D eigenvalue weighted by molar-refractivity contribution is 7.07. The van der Waals surface area contributed by atoms with E-state index in [2.05, 4.69) is 4.98 Å². The molecule has 6 heteroatoms. The number of carbonyl (C=O) groups is 1. The number of aromatic amines is 1. The first kappa shape index (κ1) is 18.2. The van der Waals surface area contributed by atoms with E-state index in [1.165, 1.54) is 17.4 Å². The Labute approximate surface area is 158 Å². The Morgan fingerprint density at radius 1 is 1.15 bits per heavy atom. The van der Waals surface area contributed by atoms with Gasteiger partial charge in [-0.3, -0.25) is 9.59 Å². The molecule has 2 aromatic carbocycles. The van der Waals surface area contributed by atoms with Gasteiger partial charge < -0.3 is 10.1 Å². The average Bonchev–Trinajstić information content (AvgIpc) is 2.92. The van der Waals surface area contributed by atoms with Crippen molar-refractivity contribution < 1.29 is 9.90 Å². The van der Waals surface area contributed by atoms with Crippen LogP contribution >= 0.6 is 22.9 Å². The molecule has 1 heterocycles. The number of aromatic nitrogens is 1. The van der Waals surface area contributed by atoms with Crippen LogP contribution in [0.4, 0.5) is 0 Å². The highest BCUT2D eigenvalue weighted by Gasteiger charge is 2.05. The standard InChI is InChI=1S/C20H16ClNO3S/c1-11-7-13(8-12(2)19(11)24)9-17-20(25)22-18(26-17)10-16(23)14-3-5-15(21)6-4-14/h3-10,24H,1-2H3,(H,22,25)/b17-9+,18-10-. The fraction of sp³-hybridized carbons (Fsp3) is 0.100. The number of carbonyl (C=O) groups excluding carboxylic acids is 1. The van der Waals surface area contributed by atoms with Crippen LogP contribution < -0.4 is 14.8 Å². The minimum absolute atomic E-state index is 0.206. The van der Waals surface area contributed by atoms with Gasteiger partial charge in [-0.2, -0.15) is 0 Å². The number of aromatic hydroxyl groups is 1. The van der Waals surface area contributed by atoms with Crippen LogP contribution in [0, 0.1) is 13.8 Å². The van der Waals surface area contributed by atoms with E-state index >= 15 is 0 Å². The molecule has 1 aromatic heterocycles. The fourth-order valence-corrected chi connectivity index (χ4v) is 3.58. The van der Waals surface area contributed by atoms with Crippen LogP contribution in [0.2, 0.25) is 5.02 Å². The first-order chi connectivity index (χ1) is 12.3. The van der Waals surface area contributed by atoms with Gasteiger partial charge in [0, 0.05) is 16.7 Å². The van der Waals surface area contributed by atoms with Crippen LogP contribution in [0.25, 0.3) is 12.2 Å². The number of aryl methyl sites for hydroxylation is 2. The van der Waals surface area contributed by atoms with Gasteiger partial charge in [0.2, 0.25) is 0 Å². The van der Waals surface area contributed by atoms with Gasteiger partial charge in [-0.15, -0.1) is 11.3 Å². The quantitative estimate of drug-likeness (QED) is 0.681. The Kier molecular flexibility index (Phi) is 5.11. The van der Waals surface area contributed by atoms with Gasteiger partial charge in [-0.25, -0.2) is 0 Å². The largest absolute Gasteiger partial charge is 0.507 e. The molecular weight excluding hydrogens is 370 g/mol. The normalized spacial score (nSPS) is 12.6. The van der Waals surface area contributed by atoms with E-state index in [0.717, 1.165) is 16.7 Å². The number of nitrogens with one attached hydrogen (secondary N) is 1. The summed E-state index contributed by atoms with van der Waals surface area (Å²) in [6.45, 7) is 3.62. The van der Waals surface area contributed by atoms with Crippen molar-refractivity contribution in [3.8, 4) is 5.75 Å². The lowest BCUT2D eigenvalue weighted by Crippen LogP contribution is -2.20. The Bertz CT molecular complexity index is 1130. The summed E-state index contributed by atoms with van der Waals surface area (Å²) in [5.41, 5.74) is 2.55. The number of benzene rings is 2. The highest BCUT2D eigenvalue weighted by atomic mass is 35.5. The number of hydrogen-bond acceptors (Lipinski definition) is 4. The number of halogens is 1. The fourth-order valence-electron chi connectivity index (χ4n) is 2.57. The molecule has 0 unspecified atom stereocenters. The van der Waals surface area contributed by atoms with Crippen LogP contribution in [0.1, 0.15) is 27.0 Å². The van der Waals surface area contributed by atoms with E-state index in [1.54, 1.807) is 30.3 Å². The van der Waals surface area contributed by atoms with E-state index in [1.807, 2.05) is 26.0 Å². The molecule has 3 rings (SSSR count). The van der Waals surface area contributed by atoms with E-state index in [-0.39, 0.29) is 17.1 Å². The first-order valence-corrected chi connectivity index (χ1v) is 9.05. The molecule has 0 bridgehead atoms. The molecule has 0 fully saturated rings. The van der Waals surface area contributed by atoms with E-state index in [4.69, 9.17) is 11.6 Å². The molecule has 4 nitrogen and oxygen atoms in total. The van der Waals surface area contributed by atoms with Crippen LogP contribution in [-0.4, -0.2) is 15.9 Å². The lowest BCUT2D eigenvalue weighted by Gasteiger charge is -2.04. The zero-order chi connectivity index (χ0) is 18.8. The molecule has 132 valence electrons. The second kappa shape index (κ2) is 7.32. The number of phenols is 1. The number of hydrogen-bond donors (Lipinski definition) is 2. The molecule has 0 saturated heterocycles. The highest BCUT2D eigenvalue weighted by Crippen LogP contribution is 2.23. The molecule has 2 N–H and O–H groups in total. The van der Waals surface area contributed by atoms with Gasteiger partial charge in [-0.05, 0) is 73.0 Å². The maximum atomic E-state index is 12.3. The van der Waals surface area contributed by atoms with E-state index in [0.29, 0.717) is 19.8 Å². The van der Waals surface area contributed by atoms with E-state index in [9.17, 15) is 14.7 Å². The van der Waals surface area contributed by atoms with Crippen LogP contribution in [0.15, 0.2) is 41.2 Å². The predicted octanol–water partition coefficient (Wildman–Crippen LogP) is 2.90. The summed E-state index contributed by atoms with van der Waals surface area (Å²) < 4.78 is 0.970. The van der Waals surface area contributed by atoms with Gasteiger partial charge in [-0.1, -0.05) is 11.6 Å². The zero-order valence-electron chi connectivity index (χ0n) is 14.2. The van der Waals surface area contributed by atoms with Crippen molar-refractivity contribution in [1.82, 2.24) is 4.98 Å². The minimum Gasteiger partial charge on any atom is -0.507 e. The third kappa shape index (κ3) is 3.95. The Hall–Kier alpha value is -2.63. The van der Waals surface area contributed by atoms with Gasteiger partial charge in [0.15, 0.2) is 5.78 Å². The van der Waals surface area contributed by atoms with Crippen molar-refractivity contribution in [1.29, 1.82) is 0 Å². The van der Waals surface area contributed by atoms with Crippen molar-refractivity contribution >= 4 is 40.9 Å². The van der Waals surface area contributed by atoms with Gasteiger partial charge in [0.05, 0.1) is 9.20 Å². The third-order valence-electron chi connectivity index (χ3n) is 3.88. The number of thiazole rings is 1. The predicted molar refractivity (Wildman–Crippen MR) is 106 cm³/mol. The SMILES string of the molecule is Cc1cc(/C=c2/s/c(=C\C(=O)c3ccc(Cl)cc3)[nH]c2=O)cc(C)c1O. The Morgan fingerprint density at radius 2 is 1.77 bits per heavy atom. The summed E-state index contributed by atoms with van der Waals surface area (Å²) in [4.78, 5) is 27.1. The van der Waals surface area contributed by atoms with E-state index < -0.39 is 0 Å². The number of Topliss-reactive ketones (excluding diaryl/α,β-unsaturated/α-hetero) is 1. The number of rotatable bonds is 3. The van der Waals surface area contributed by atoms with Crippen molar-refractivity contribution in [2.45, 2.75) is 13.8 Å². The summed E-state index contributed by atoms with van der Waals surface area (Å²) in [6, 6.07) is 10.2. The molecule has 0 atom stereocenters. The summed E-state index contributed by atoms with van der Waals surface area (Å²) in [6.07, 6.45) is 3.15. The lowest BCUT2D eigenvalue weighted by atomic mass is 10.1. The van der Waals surface area contributed by atoms with Crippen LogP contribution in [-0.2, 0) is 0 Å². The maximum Gasteiger partial charge on any atom is 0.266 e. The molecule has 0 saturated carbocycles. The summed E-state index contributed by atoms with van der Waals surface area (Å²) in [5, 5.41) is 10.4. The number of phenolic OH excluding ortho intramolecular Hbond substituents is 1. The average molecular weight is 386 g/mol. The van der Waals surface area contributed by atoms with Crippen LogP contribution in [0.3, 0.4) is 0 Å². The van der Waals surface area contributed by atoms with Crippen molar-refractivity contribution in [3.05, 3.63) is 83.2 Å². The Morgan fingerprint density at radius 3 is 2.38 bits per heavy atom. The van der Waals surface area contributed by atoms with Gasteiger partial charge in [0.25, 0.3) is 5.56 Å². The molecule has 26 heavy (non-hydrogen) atoms. The summed E-state index contributed by atoms with van der Waals surface area (Å²) in [7, 11) is 0. The molecule has 3 aromatic rings. The minimum atomic E-state index is -0.256. The van der Waals surface area contributed by atoms with Crippen LogP contribution in [0.5, 0.6) is 5.75 Å². The van der Waals surface area contributed by atoms with Crippen molar-refractivity contribution in [2.75, 3.05) is 0 Å². The second-order valence-electron chi connectivity index (χ2n) is 5.95. The molecule has 0 spiro atoms. The molecule has 0 amide bonds. The van der Waals surface area contributed by atoms with Crippen molar-refractivity contribution in [3.63, 3.8) is 0 Å². The Balaban J connectivity index is 2.00. The summed E-state index contributed by atoms with van der Waals surface area (Å²) in [5.74, 6) is 0.0480. The number of H-pyrrole nitrogens is 1.